The second-order valence-corrected chi connectivity index (χ2v) is 9.11. The van der Waals surface area contributed by atoms with Gasteiger partial charge in [-0.25, -0.2) is 12.7 Å². The van der Waals surface area contributed by atoms with Gasteiger partial charge in [0.1, 0.15) is 0 Å². The summed E-state index contributed by atoms with van der Waals surface area (Å²) in [6, 6.07) is 15.6. The Kier molecular flexibility index (Phi) is 5.81. The Bertz CT molecular complexity index is 957. The zero-order valence-corrected chi connectivity index (χ0v) is 16.6. The molecule has 1 saturated heterocycles. The van der Waals surface area contributed by atoms with Crippen molar-refractivity contribution in [2.24, 2.45) is 5.92 Å². The summed E-state index contributed by atoms with van der Waals surface area (Å²) in [4.78, 5) is 26.6. The topological polar surface area (TPSA) is 86.8 Å². The van der Waals surface area contributed by atoms with Crippen molar-refractivity contribution in [2.75, 3.05) is 26.0 Å². The molecule has 28 heavy (non-hydrogen) atoms. The Balaban J connectivity index is 1.61. The van der Waals surface area contributed by atoms with Crippen LogP contribution in [0.4, 0.5) is 5.69 Å². The Morgan fingerprint density at radius 1 is 1.11 bits per heavy atom. The van der Waals surface area contributed by atoms with E-state index in [-0.39, 0.29) is 23.1 Å². The number of benzene rings is 2. The van der Waals surface area contributed by atoms with Gasteiger partial charge in [0.2, 0.25) is 21.8 Å². The summed E-state index contributed by atoms with van der Waals surface area (Å²) < 4.78 is 25.3. The fraction of sp³-hybridized carbons (Fsp3) is 0.300. The van der Waals surface area contributed by atoms with Crippen LogP contribution >= 0.6 is 0 Å². The molecule has 2 aromatic carbocycles. The maximum atomic E-state index is 12.5. The van der Waals surface area contributed by atoms with Crippen molar-refractivity contribution < 1.29 is 18.0 Å². The van der Waals surface area contributed by atoms with Crippen LogP contribution in [0.25, 0.3) is 0 Å². The highest BCUT2D eigenvalue weighted by molar-refractivity contribution is 7.89. The van der Waals surface area contributed by atoms with E-state index in [0.29, 0.717) is 18.8 Å². The van der Waals surface area contributed by atoms with Gasteiger partial charge in [0.05, 0.1) is 10.8 Å². The molecule has 1 heterocycles. The second-order valence-electron chi connectivity index (χ2n) is 6.96. The molecule has 1 aliphatic heterocycles. The number of amides is 2. The van der Waals surface area contributed by atoms with Crippen molar-refractivity contribution in [1.29, 1.82) is 0 Å². The van der Waals surface area contributed by atoms with Crippen LogP contribution in [-0.2, 0) is 26.2 Å². The van der Waals surface area contributed by atoms with Crippen molar-refractivity contribution in [3.8, 4) is 0 Å². The first kappa shape index (κ1) is 20.0. The highest BCUT2D eigenvalue weighted by atomic mass is 32.2. The van der Waals surface area contributed by atoms with Crippen LogP contribution in [0.2, 0.25) is 0 Å². The average Bonchev–Trinajstić information content (AvgIpc) is 3.03. The number of carbonyl (C=O) groups excluding carboxylic acids is 2. The summed E-state index contributed by atoms with van der Waals surface area (Å²) in [6.45, 7) is 0.854. The number of anilines is 1. The van der Waals surface area contributed by atoms with Crippen LogP contribution in [-0.4, -0.2) is 50.1 Å². The molecule has 0 saturated carbocycles. The molecular weight excluding hydrogens is 378 g/mol. The van der Waals surface area contributed by atoms with Gasteiger partial charge in [-0.1, -0.05) is 30.3 Å². The predicted octanol–water partition coefficient (Wildman–Crippen LogP) is 1.92. The number of rotatable bonds is 6. The maximum Gasteiger partial charge on any atom is 0.242 e. The van der Waals surface area contributed by atoms with Crippen LogP contribution < -0.4 is 5.32 Å². The van der Waals surface area contributed by atoms with Crippen LogP contribution in [0.3, 0.4) is 0 Å². The van der Waals surface area contributed by atoms with Gasteiger partial charge >= 0.3 is 0 Å². The van der Waals surface area contributed by atoms with Crippen LogP contribution in [0, 0.1) is 5.92 Å². The third-order valence-electron chi connectivity index (χ3n) is 4.70. The molecule has 1 atom stereocenters. The minimum Gasteiger partial charge on any atom is -0.338 e. The Morgan fingerprint density at radius 3 is 2.36 bits per heavy atom. The minimum atomic E-state index is -3.51. The van der Waals surface area contributed by atoms with E-state index in [0.717, 1.165) is 9.87 Å². The first-order valence-corrected chi connectivity index (χ1v) is 10.4. The zero-order valence-electron chi connectivity index (χ0n) is 15.8. The fourth-order valence-corrected chi connectivity index (χ4v) is 3.97. The van der Waals surface area contributed by atoms with E-state index < -0.39 is 15.9 Å². The van der Waals surface area contributed by atoms with Crippen molar-refractivity contribution in [3.63, 3.8) is 0 Å². The minimum absolute atomic E-state index is 0.0450. The molecular formula is C20H23N3O4S. The van der Waals surface area contributed by atoms with Gasteiger partial charge in [-0.2, -0.15) is 0 Å². The van der Waals surface area contributed by atoms with E-state index in [9.17, 15) is 18.0 Å². The van der Waals surface area contributed by atoms with Crippen molar-refractivity contribution >= 4 is 27.5 Å². The number of nitrogens with one attached hydrogen (secondary N) is 1. The smallest absolute Gasteiger partial charge is 0.242 e. The summed E-state index contributed by atoms with van der Waals surface area (Å²) >= 11 is 0. The third kappa shape index (κ3) is 4.40. The van der Waals surface area contributed by atoms with Gasteiger partial charge in [-0.3, -0.25) is 9.59 Å². The van der Waals surface area contributed by atoms with Gasteiger partial charge in [-0.15, -0.1) is 0 Å². The molecule has 0 bridgehead atoms. The molecule has 0 spiro atoms. The van der Waals surface area contributed by atoms with Crippen molar-refractivity contribution in [2.45, 2.75) is 17.9 Å². The largest absolute Gasteiger partial charge is 0.338 e. The zero-order chi connectivity index (χ0) is 20.3. The Labute approximate surface area is 165 Å². The fourth-order valence-electron chi connectivity index (χ4n) is 3.07. The van der Waals surface area contributed by atoms with Crippen LogP contribution in [0.15, 0.2) is 59.5 Å². The van der Waals surface area contributed by atoms with E-state index in [1.807, 2.05) is 30.3 Å². The summed E-state index contributed by atoms with van der Waals surface area (Å²) in [7, 11) is -0.590. The number of sulfonamides is 1. The number of hydrogen-bond acceptors (Lipinski definition) is 4. The summed E-state index contributed by atoms with van der Waals surface area (Å²) in [6.07, 6.45) is 0.172. The Hall–Kier alpha value is -2.71. The van der Waals surface area contributed by atoms with E-state index in [1.54, 1.807) is 17.0 Å². The first-order valence-electron chi connectivity index (χ1n) is 8.92. The summed E-state index contributed by atoms with van der Waals surface area (Å²) in [5.41, 5.74) is 1.52. The molecule has 0 radical (unpaired) electrons. The van der Waals surface area contributed by atoms with Gasteiger partial charge < -0.3 is 10.2 Å². The highest BCUT2D eigenvalue weighted by Gasteiger charge is 2.34. The molecule has 3 rings (SSSR count). The van der Waals surface area contributed by atoms with E-state index in [4.69, 9.17) is 0 Å². The van der Waals surface area contributed by atoms with E-state index in [2.05, 4.69) is 5.32 Å². The number of likely N-dealkylation sites (tertiary alicyclic amines) is 1. The lowest BCUT2D eigenvalue weighted by atomic mass is 10.1. The quantitative estimate of drug-likeness (QED) is 0.801. The molecule has 0 aromatic heterocycles. The molecule has 2 aromatic rings. The van der Waals surface area contributed by atoms with Gasteiger partial charge in [0.15, 0.2) is 0 Å². The normalized spacial score (nSPS) is 17.2. The summed E-state index contributed by atoms with van der Waals surface area (Å²) in [5, 5.41) is 2.77. The van der Waals surface area contributed by atoms with Crippen molar-refractivity contribution in [1.82, 2.24) is 9.21 Å². The van der Waals surface area contributed by atoms with Crippen molar-refractivity contribution in [3.05, 3.63) is 60.2 Å². The molecule has 0 unspecified atom stereocenters. The molecule has 1 fully saturated rings. The molecule has 7 nitrogen and oxygen atoms in total. The monoisotopic (exact) mass is 401 g/mol. The molecule has 1 aliphatic rings. The number of nitrogens with zero attached hydrogens (tertiary/aromatic N) is 2. The molecule has 2 amide bonds. The first-order chi connectivity index (χ1) is 13.3. The van der Waals surface area contributed by atoms with E-state index >= 15 is 0 Å². The van der Waals surface area contributed by atoms with Crippen LogP contribution in [0.1, 0.15) is 12.0 Å². The average molecular weight is 401 g/mol. The standard InChI is InChI=1S/C20H23N3O4S/c1-22(2)28(26,27)18-10-8-17(9-11-18)21-20(25)16-12-19(24)23(14-16)13-15-6-4-3-5-7-15/h3-11,16H,12-14H2,1-2H3,(H,21,25)/t16-/m0/s1. The maximum absolute atomic E-state index is 12.5. The molecule has 1 N–H and O–H groups in total. The molecule has 148 valence electrons. The van der Waals surface area contributed by atoms with Gasteiger partial charge in [0, 0.05) is 39.3 Å². The van der Waals surface area contributed by atoms with Gasteiger partial charge in [-0.05, 0) is 29.8 Å². The lowest BCUT2D eigenvalue weighted by Gasteiger charge is -2.17. The lowest BCUT2D eigenvalue weighted by Crippen LogP contribution is -2.28. The SMILES string of the molecule is CN(C)S(=O)(=O)c1ccc(NC(=O)[C@H]2CC(=O)N(Cc3ccccc3)C2)cc1. The number of hydrogen-bond donors (Lipinski definition) is 1. The Morgan fingerprint density at radius 2 is 1.75 bits per heavy atom. The molecule has 0 aliphatic carbocycles. The van der Waals surface area contributed by atoms with E-state index in [1.165, 1.54) is 26.2 Å². The van der Waals surface area contributed by atoms with Gasteiger partial charge in [0.25, 0.3) is 0 Å². The molecule has 8 heteroatoms. The second kappa shape index (κ2) is 8.12. The predicted molar refractivity (Wildman–Crippen MR) is 106 cm³/mol. The highest BCUT2D eigenvalue weighted by Crippen LogP contribution is 2.23. The number of carbonyl (C=O) groups is 2. The summed E-state index contributed by atoms with van der Waals surface area (Å²) in [5.74, 6) is -0.718. The van der Waals surface area contributed by atoms with Crippen LogP contribution in [0.5, 0.6) is 0 Å². The lowest BCUT2D eigenvalue weighted by molar-refractivity contribution is -0.128. The third-order valence-corrected chi connectivity index (χ3v) is 6.53.